The van der Waals surface area contributed by atoms with Gasteiger partial charge in [-0.1, -0.05) is 48.5 Å². The molecule has 8 nitrogen and oxygen atoms in total. The zero-order valence-electron chi connectivity index (χ0n) is 19.9. The number of carbonyl (C=O) groups excluding carboxylic acids is 2. The number of amides is 1. The second kappa shape index (κ2) is 9.03. The molecule has 0 radical (unpaired) electrons. The number of ketones is 1. The summed E-state index contributed by atoms with van der Waals surface area (Å²) in [6.07, 6.45) is 1.71. The van der Waals surface area contributed by atoms with Crippen LogP contribution in [0.15, 0.2) is 59.4 Å². The van der Waals surface area contributed by atoms with Crippen LogP contribution < -0.4 is 16.0 Å². The molecular formula is C27H28N4O4. The van der Waals surface area contributed by atoms with Crippen LogP contribution in [-0.4, -0.2) is 52.0 Å². The molecule has 180 valence electrons. The van der Waals surface area contributed by atoms with Crippen molar-refractivity contribution in [2.75, 3.05) is 20.2 Å². The molecule has 1 fully saturated rings. The van der Waals surface area contributed by atoms with Crippen molar-refractivity contribution in [1.29, 1.82) is 0 Å². The first-order valence-corrected chi connectivity index (χ1v) is 11.7. The lowest BCUT2D eigenvalue weighted by Gasteiger charge is -2.31. The van der Waals surface area contributed by atoms with Crippen molar-refractivity contribution in [2.45, 2.75) is 25.4 Å². The Morgan fingerprint density at radius 2 is 1.80 bits per heavy atom. The number of para-hydroxylation sites is 1. The summed E-state index contributed by atoms with van der Waals surface area (Å²) in [5.74, 6) is -0.167. The highest BCUT2D eigenvalue weighted by molar-refractivity contribution is 6.12. The van der Waals surface area contributed by atoms with Crippen LogP contribution >= 0.6 is 0 Å². The molecule has 3 heterocycles. The van der Waals surface area contributed by atoms with Gasteiger partial charge in [0.25, 0.3) is 11.5 Å². The molecule has 2 N–H and O–H groups in total. The number of aryl methyl sites for hydroxylation is 1. The first kappa shape index (κ1) is 22.9. The van der Waals surface area contributed by atoms with Crippen LogP contribution in [0.25, 0.3) is 21.8 Å². The van der Waals surface area contributed by atoms with Crippen molar-refractivity contribution >= 4 is 33.5 Å². The average Bonchev–Trinajstić information content (AvgIpc) is 3.18. The standard InChI is InChI=1S/C27H28N4O4/c1-29-23-19-12-6-7-13-20(19)31(16-21(32)17-9-4-3-5-10-17)26(33)22(23)25(35-2)24(29)27(34)30-14-8-11-18(28)15-30/h3-7,9-10,12-13,18H,8,11,14-16,28H2,1-2H3/t18-/m1/s1. The number of carbonyl (C=O) groups is 2. The van der Waals surface area contributed by atoms with E-state index in [-0.39, 0.29) is 35.6 Å². The zero-order chi connectivity index (χ0) is 24.7. The Labute approximate surface area is 202 Å². The van der Waals surface area contributed by atoms with Gasteiger partial charge in [-0.25, -0.2) is 0 Å². The van der Waals surface area contributed by atoms with Crippen LogP contribution in [0.2, 0.25) is 0 Å². The first-order chi connectivity index (χ1) is 16.9. The Balaban J connectivity index is 1.73. The Bertz CT molecular complexity index is 1500. The minimum absolute atomic E-state index is 0.0737. The number of Topliss-reactive ketones (excluding diaryl/α,β-unsaturated/α-hetero) is 1. The molecule has 0 spiro atoms. The Morgan fingerprint density at radius 1 is 1.09 bits per heavy atom. The maximum absolute atomic E-state index is 13.9. The van der Waals surface area contributed by atoms with Gasteiger partial charge in [0.05, 0.1) is 24.7 Å². The van der Waals surface area contributed by atoms with E-state index in [1.54, 1.807) is 40.8 Å². The molecule has 5 rings (SSSR count). The molecule has 8 heteroatoms. The molecule has 35 heavy (non-hydrogen) atoms. The monoisotopic (exact) mass is 472 g/mol. The van der Waals surface area contributed by atoms with Gasteiger partial charge in [-0.3, -0.25) is 19.0 Å². The van der Waals surface area contributed by atoms with Gasteiger partial charge in [-0.05, 0) is 18.9 Å². The summed E-state index contributed by atoms with van der Waals surface area (Å²) in [6.45, 7) is 0.940. The molecule has 1 atom stereocenters. The number of rotatable bonds is 5. The summed E-state index contributed by atoms with van der Waals surface area (Å²) in [5, 5.41) is 1.05. The lowest BCUT2D eigenvalue weighted by atomic mass is 10.1. The average molecular weight is 473 g/mol. The van der Waals surface area contributed by atoms with E-state index in [0.29, 0.717) is 40.8 Å². The molecule has 1 aliphatic rings. The highest BCUT2D eigenvalue weighted by Gasteiger charge is 2.31. The number of hydrogen-bond acceptors (Lipinski definition) is 5. The number of piperidine rings is 1. The summed E-state index contributed by atoms with van der Waals surface area (Å²) >= 11 is 0. The van der Waals surface area contributed by atoms with Crippen molar-refractivity contribution in [3.05, 3.63) is 76.2 Å². The van der Waals surface area contributed by atoms with Gasteiger partial charge in [-0.15, -0.1) is 0 Å². The zero-order valence-corrected chi connectivity index (χ0v) is 19.9. The van der Waals surface area contributed by atoms with Gasteiger partial charge in [0.15, 0.2) is 17.2 Å². The summed E-state index contributed by atoms with van der Waals surface area (Å²) in [6, 6.07) is 16.2. The van der Waals surface area contributed by atoms with Crippen LogP contribution in [0.5, 0.6) is 5.75 Å². The van der Waals surface area contributed by atoms with Crippen LogP contribution in [0.1, 0.15) is 33.7 Å². The van der Waals surface area contributed by atoms with Crippen molar-refractivity contribution in [3.63, 3.8) is 0 Å². The number of fused-ring (bicyclic) bond motifs is 3. The number of hydrogen-bond donors (Lipinski definition) is 1. The molecule has 0 aliphatic carbocycles. The molecule has 1 aliphatic heterocycles. The summed E-state index contributed by atoms with van der Waals surface area (Å²) in [7, 11) is 3.23. The number of likely N-dealkylation sites (tertiary alicyclic amines) is 1. The number of methoxy groups -OCH3 is 1. The topological polar surface area (TPSA) is 99.6 Å². The van der Waals surface area contributed by atoms with Crippen LogP contribution in [0.4, 0.5) is 0 Å². The number of nitrogens with zero attached hydrogens (tertiary/aromatic N) is 3. The van der Waals surface area contributed by atoms with Gasteiger partial charge in [0.1, 0.15) is 5.39 Å². The molecule has 2 aromatic heterocycles. The van der Waals surface area contributed by atoms with Crippen molar-refractivity contribution in [3.8, 4) is 5.75 Å². The number of ether oxygens (including phenoxy) is 1. The second-order valence-electron chi connectivity index (χ2n) is 9.02. The largest absolute Gasteiger partial charge is 0.493 e. The van der Waals surface area contributed by atoms with Crippen LogP contribution in [-0.2, 0) is 13.6 Å². The fourth-order valence-electron chi connectivity index (χ4n) is 5.12. The Hall–Kier alpha value is -3.91. The normalized spacial score (nSPS) is 16.1. The van der Waals surface area contributed by atoms with Gasteiger partial charge in [-0.2, -0.15) is 0 Å². The highest BCUT2D eigenvalue weighted by atomic mass is 16.5. The maximum Gasteiger partial charge on any atom is 0.274 e. The van der Waals surface area contributed by atoms with E-state index in [1.807, 2.05) is 30.3 Å². The second-order valence-corrected chi connectivity index (χ2v) is 9.02. The fourth-order valence-corrected chi connectivity index (χ4v) is 5.12. The lowest BCUT2D eigenvalue weighted by molar-refractivity contribution is 0.0696. The van der Waals surface area contributed by atoms with Crippen LogP contribution in [0.3, 0.4) is 0 Å². The number of benzene rings is 2. The van der Waals surface area contributed by atoms with Crippen LogP contribution in [0, 0.1) is 0 Å². The number of aromatic nitrogens is 2. The van der Waals surface area contributed by atoms with Gasteiger partial charge in [0, 0.05) is 37.1 Å². The molecule has 1 saturated heterocycles. The van der Waals surface area contributed by atoms with E-state index >= 15 is 0 Å². The van der Waals surface area contributed by atoms with Gasteiger partial charge >= 0.3 is 0 Å². The Kier molecular flexibility index (Phi) is 5.90. The predicted octanol–water partition coefficient (Wildman–Crippen LogP) is 2.95. The molecule has 4 aromatic rings. The molecule has 1 amide bonds. The Morgan fingerprint density at radius 3 is 2.51 bits per heavy atom. The third-order valence-electron chi connectivity index (χ3n) is 6.81. The minimum atomic E-state index is -0.371. The SMILES string of the molecule is COc1c(C(=O)N2CCC[C@@H](N)C2)n(C)c2c1c(=O)n(CC(=O)c1ccccc1)c1ccccc21. The third kappa shape index (κ3) is 3.80. The molecule has 0 saturated carbocycles. The highest BCUT2D eigenvalue weighted by Crippen LogP contribution is 2.35. The summed E-state index contributed by atoms with van der Waals surface area (Å²) < 4.78 is 8.91. The van der Waals surface area contributed by atoms with Gasteiger partial charge < -0.3 is 19.9 Å². The number of nitrogens with two attached hydrogens (primary N) is 1. The fraction of sp³-hybridized carbons (Fsp3) is 0.296. The minimum Gasteiger partial charge on any atom is -0.493 e. The predicted molar refractivity (Wildman–Crippen MR) is 135 cm³/mol. The number of pyridine rings is 1. The molecular weight excluding hydrogens is 444 g/mol. The molecule has 2 aromatic carbocycles. The quantitative estimate of drug-likeness (QED) is 0.450. The van der Waals surface area contributed by atoms with E-state index in [4.69, 9.17) is 10.5 Å². The summed E-state index contributed by atoms with van der Waals surface area (Å²) in [4.78, 5) is 42.3. The summed E-state index contributed by atoms with van der Waals surface area (Å²) in [5.41, 5.74) is 7.82. The smallest absolute Gasteiger partial charge is 0.274 e. The lowest BCUT2D eigenvalue weighted by Crippen LogP contribution is -2.46. The van der Waals surface area contributed by atoms with E-state index in [1.165, 1.54) is 11.7 Å². The maximum atomic E-state index is 13.9. The van der Waals surface area contributed by atoms with Crippen molar-refractivity contribution in [2.24, 2.45) is 12.8 Å². The molecule has 0 unspecified atom stereocenters. The van der Waals surface area contributed by atoms with Gasteiger partial charge in [0.2, 0.25) is 0 Å². The van der Waals surface area contributed by atoms with Crippen molar-refractivity contribution < 1.29 is 14.3 Å². The first-order valence-electron chi connectivity index (χ1n) is 11.7. The van der Waals surface area contributed by atoms with E-state index < -0.39 is 0 Å². The molecule has 0 bridgehead atoms. The van der Waals surface area contributed by atoms with E-state index in [2.05, 4.69) is 0 Å². The van der Waals surface area contributed by atoms with E-state index in [9.17, 15) is 14.4 Å². The van der Waals surface area contributed by atoms with E-state index in [0.717, 1.165) is 18.2 Å². The third-order valence-corrected chi connectivity index (χ3v) is 6.81. The van der Waals surface area contributed by atoms with Crippen molar-refractivity contribution in [1.82, 2.24) is 14.0 Å².